The van der Waals surface area contributed by atoms with E-state index in [0.29, 0.717) is 10.9 Å². The summed E-state index contributed by atoms with van der Waals surface area (Å²) >= 11 is 1.27. The quantitative estimate of drug-likeness (QED) is 0.645. The van der Waals surface area contributed by atoms with E-state index in [0.717, 1.165) is 0 Å². The number of hydrogen-bond acceptors (Lipinski definition) is 4. The fourth-order valence-corrected chi connectivity index (χ4v) is 1.02. The van der Waals surface area contributed by atoms with E-state index in [2.05, 4.69) is 16.9 Å². The molecule has 1 aromatic rings. The van der Waals surface area contributed by atoms with Gasteiger partial charge in [-0.25, -0.2) is 4.98 Å². The van der Waals surface area contributed by atoms with E-state index in [1.54, 1.807) is 5.38 Å². The number of nitrogens with zero attached hydrogens (tertiary/aromatic N) is 1. The highest BCUT2D eigenvalue weighted by molar-refractivity contribution is 7.13. The van der Waals surface area contributed by atoms with Crippen LogP contribution in [-0.4, -0.2) is 10.9 Å². The molecule has 1 amide bonds. The summed E-state index contributed by atoms with van der Waals surface area (Å²) in [6, 6.07) is 0. The third-order valence-electron chi connectivity index (χ3n) is 0.959. The average molecular weight is 169 g/mol. The smallest absolute Gasteiger partial charge is 0.248 e. The molecule has 58 valence electrons. The molecule has 11 heavy (non-hydrogen) atoms. The van der Waals surface area contributed by atoms with Crippen LogP contribution < -0.4 is 11.1 Å². The second-order valence-corrected chi connectivity index (χ2v) is 2.65. The maximum Gasteiger partial charge on any atom is 0.248 e. The first-order valence-electron chi connectivity index (χ1n) is 2.87. The van der Waals surface area contributed by atoms with E-state index in [1.165, 1.54) is 17.4 Å². The van der Waals surface area contributed by atoms with Crippen LogP contribution in [0, 0.1) is 0 Å². The van der Waals surface area contributed by atoms with Crippen LogP contribution in [-0.2, 0) is 4.79 Å². The van der Waals surface area contributed by atoms with Crippen LogP contribution in [0.25, 0.3) is 0 Å². The largest absolute Gasteiger partial charge is 0.375 e. The first kappa shape index (κ1) is 7.74. The van der Waals surface area contributed by atoms with Gasteiger partial charge in [-0.15, -0.1) is 11.3 Å². The summed E-state index contributed by atoms with van der Waals surface area (Å²) in [6.45, 7) is 3.30. The van der Waals surface area contributed by atoms with Gasteiger partial charge in [-0.2, -0.15) is 0 Å². The lowest BCUT2D eigenvalue weighted by Crippen LogP contribution is -2.07. The van der Waals surface area contributed by atoms with Gasteiger partial charge in [-0.3, -0.25) is 4.79 Å². The molecule has 0 fully saturated rings. The molecule has 1 aromatic heterocycles. The van der Waals surface area contributed by atoms with Crippen molar-refractivity contribution in [3.63, 3.8) is 0 Å². The maximum absolute atomic E-state index is 10.7. The zero-order valence-electron chi connectivity index (χ0n) is 5.70. The van der Waals surface area contributed by atoms with E-state index in [4.69, 9.17) is 5.73 Å². The molecule has 1 heterocycles. The molecular weight excluding hydrogens is 162 g/mol. The molecule has 3 N–H and O–H groups in total. The molecule has 0 aliphatic heterocycles. The molecule has 0 aliphatic carbocycles. The minimum Gasteiger partial charge on any atom is -0.375 e. The third kappa shape index (κ3) is 2.05. The number of aromatic nitrogens is 1. The number of carbonyl (C=O) groups excluding carboxylic acids is 1. The molecule has 0 saturated heterocycles. The fourth-order valence-electron chi connectivity index (χ4n) is 0.522. The molecule has 1 rings (SSSR count). The van der Waals surface area contributed by atoms with E-state index >= 15 is 0 Å². The van der Waals surface area contributed by atoms with Gasteiger partial charge in [0.15, 0.2) is 5.13 Å². The summed E-state index contributed by atoms with van der Waals surface area (Å²) in [5.41, 5.74) is 5.33. The van der Waals surface area contributed by atoms with Gasteiger partial charge in [0, 0.05) is 5.38 Å². The van der Waals surface area contributed by atoms with Gasteiger partial charge in [0.05, 0.1) is 0 Å². The van der Waals surface area contributed by atoms with Gasteiger partial charge in [0.1, 0.15) is 5.82 Å². The number of carbonyl (C=O) groups is 1. The van der Waals surface area contributed by atoms with Crippen molar-refractivity contribution >= 4 is 28.2 Å². The summed E-state index contributed by atoms with van der Waals surface area (Å²) in [4.78, 5) is 14.5. The Labute approximate surface area is 67.7 Å². The van der Waals surface area contributed by atoms with Crippen LogP contribution in [0.1, 0.15) is 0 Å². The van der Waals surface area contributed by atoms with Crippen molar-refractivity contribution in [3.05, 3.63) is 18.0 Å². The standard InChI is InChI=1S/C6H7N3OS/c1-2-5(10)8-4-3-11-6(7)9-4/h2-3H,1H2,(H2,7,9)(H,8,10). The number of nitrogens with one attached hydrogen (secondary N) is 1. The van der Waals surface area contributed by atoms with Crippen LogP contribution in [0.4, 0.5) is 10.9 Å². The van der Waals surface area contributed by atoms with Gasteiger partial charge in [-0.1, -0.05) is 6.58 Å². The van der Waals surface area contributed by atoms with Crippen molar-refractivity contribution in [2.24, 2.45) is 0 Å². The van der Waals surface area contributed by atoms with Crippen molar-refractivity contribution in [2.45, 2.75) is 0 Å². The van der Waals surface area contributed by atoms with E-state index < -0.39 is 0 Å². The van der Waals surface area contributed by atoms with E-state index in [1.807, 2.05) is 0 Å². The number of nitrogens with two attached hydrogens (primary N) is 1. The molecule has 0 saturated carbocycles. The molecule has 4 nitrogen and oxygen atoms in total. The van der Waals surface area contributed by atoms with Crippen molar-refractivity contribution < 1.29 is 4.79 Å². The van der Waals surface area contributed by atoms with Gasteiger partial charge in [0.2, 0.25) is 5.91 Å². The summed E-state index contributed by atoms with van der Waals surface area (Å²) in [5.74, 6) is 0.188. The minimum absolute atomic E-state index is 0.282. The van der Waals surface area contributed by atoms with E-state index in [9.17, 15) is 4.79 Å². The Balaban J connectivity index is 2.64. The second-order valence-electron chi connectivity index (χ2n) is 1.76. The van der Waals surface area contributed by atoms with Crippen LogP contribution >= 0.6 is 11.3 Å². The summed E-state index contributed by atoms with van der Waals surface area (Å²) < 4.78 is 0. The summed E-state index contributed by atoms with van der Waals surface area (Å²) in [6.07, 6.45) is 1.18. The summed E-state index contributed by atoms with van der Waals surface area (Å²) in [5, 5.41) is 4.57. The van der Waals surface area contributed by atoms with E-state index in [-0.39, 0.29) is 5.91 Å². The molecule has 0 spiro atoms. The van der Waals surface area contributed by atoms with Gasteiger partial charge >= 0.3 is 0 Å². The number of amides is 1. The Kier molecular flexibility index (Phi) is 2.22. The molecule has 0 bridgehead atoms. The molecule has 0 aromatic carbocycles. The van der Waals surface area contributed by atoms with Crippen molar-refractivity contribution in [1.82, 2.24) is 4.98 Å². The average Bonchev–Trinajstić information content (AvgIpc) is 2.35. The first-order valence-corrected chi connectivity index (χ1v) is 3.75. The number of hydrogen-bond donors (Lipinski definition) is 2. The molecule has 0 aliphatic rings. The van der Waals surface area contributed by atoms with Crippen LogP contribution in [0.15, 0.2) is 18.0 Å². The zero-order valence-corrected chi connectivity index (χ0v) is 6.52. The van der Waals surface area contributed by atoms with Gasteiger partial charge < -0.3 is 11.1 Å². The van der Waals surface area contributed by atoms with Crippen LogP contribution in [0.3, 0.4) is 0 Å². The third-order valence-corrected chi connectivity index (χ3v) is 1.63. The number of anilines is 2. The van der Waals surface area contributed by atoms with Crippen LogP contribution in [0.5, 0.6) is 0 Å². The lowest BCUT2D eigenvalue weighted by atomic mass is 10.6. The Morgan fingerprint density at radius 1 is 1.91 bits per heavy atom. The predicted octanol–water partition coefficient (Wildman–Crippen LogP) is 0.850. The Morgan fingerprint density at radius 2 is 2.64 bits per heavy atom. The molecule has 0 unspecified atom stereocenters. The zero-order chi connectivity index (χ0) is 8.27. The maximum atomic E-state index is 10.7. The fraction of sp³-hybridized carbons (Fsp3) is 0. The number of nitrogen functional groups attached to an aromatic ring is 1. The Morgan fingerprint density at radius 3 is 3.09 bits per heavy atom. The normalized spacial score (nSPS) is 9.09. The summed E-state index contributed by atoms with van der Waals surface area (Å²) in [7, 11) is 0. The Bertz CT molecular complexity index is 281. The monoisotopic (exact) mass is 169 g/mol. The predicted molar refractivity (Wildman–Crippen MR) is 45.4 cm³/mol. The molecule has 5 heteroatoms. The number of thiazole rings is 1. The van der Waals surface area contributed by atoms with Crippen molar-refractivity contribution in [1.29, 1.82) is 0 Å². The highest BCUT2D eigenvalue weighted by Gasteiger charge is 1.99. The second kappa shape index (κ2) is 3.16. The highest BCUT2D eigenvalue weighted by atomic mass is 32.1. The van der Waals surface area contributed by atoms with Crippen molar-refractivity contribution in [3.8, 4) is 0 Å². The Hall–Kier alpha value is -1.36. The lowest BCUT2D eigenvalue weighted by molar-refractivity contribution is -0.111. The SMILES string of the molecule is C=CC(=O)Nc1csc(N)n1. The van der Waals surface area contributed by atoms with Gasteiger partial charge in [-0.05, 0) is 6.08 Å². The molecule has 0 atom stereocenters. The number of rotatable bonds is 2. The molecular formula is C6H7N3OS. The van der Waals surface area contributed by atoms with Crippen LogP contribution in [0.2, 0.25) is 0 Å². The van der Waals surface area contributed by atoms with Gasteiger partial charge in [0.25, 0.3) is 0 Å². The highest BCUT2D eigenvalue weighted by Crippen LogP contribution is 2.14. The molecule has 0 radical (unpaired) electrons. The minimum atomic E-state index is -0.282. The first-order chi connectivity index (χ1) is 5.22. The lowest BCUT2D eigenvalue weighted by Gasteiger charge is -1.93. The topological polar surface area (TPSA) is 68.0 Å². The van der Waals surface area contributed by atoms with Crippen molar-refractivity contribution in [2.75, 3.05) is 11.1 Å².